The van der Waals surface area contributed by atoms with Crippen molar-refractivity contribution in [1.82, 2.24) is 23.9 Å². The molecule has 0 amide bonds. The highest BCUT2D eigenvalue weighted by atomic mass is 32.1. The van der Waals surface area contributed by atoms with Crippen molar-refractivity contribution in [3.63, 3.8) is 0 Å². The van der Waals surface area contributed by atoms with Gasteiger partial charge in [0, 0.05) is 54.2 Å². The number of aromatic nitrogens is 5. The molecule has 5 aromatic rings. The van der Waals surface area contributed by atoms with Gasteiger partial charge in [0.1, 0.15) is 5.69 Å². The number of aryl methyl sites for hydroxylation is 1. The minimum absolute atomic E-state index is 0.0419. The monoisotopic (exact) mass is 484 g/mol. The molecule has 0 radical (unpaired) electrons. The fraction of sp³-hybridized carbons (Fsp3) is 0.222. The molecule has 4 aromatic heterocycles. The Morgan fingerprint density at radius 3 is 2.51 bits per heavy atom. The number of nitrogens with zero attached hydrogens (tertiary/aromatic N) is 5. The summed E-state index contributed by atoms with van der Waals surface area (Å²) in [5.41, 5.74) is 7.37. The average molecular weight is 485 g/mol. The zero-order chi connectivity index (χ0) is 24.5. The highest BCUT2D eigenvalue weighted by molar-refractivity contribution is 7.14. The van der Waals surface area contributed by atoms with Crippen molar-refractivity contribution in [1.29, 1.82) is 0 Å². The van der Waals surface area contributed by atoms with Crippen molar-refractivity contribution in [2.45, 2.75) is 27.2 Å². The van der Waals surface area contributed by atoms with Gasteiger partial charge < -0.3 is 9.88 Å². The van der Waals surface area contributed by atoms with Crippen LogP contribution in [-0.4, -0.2) is 30.4 Å². The third kappa shape index (κ3) is 4.21. The highest BCUT2D eigenvalue weighted by Gasteiger charge is 2.22. The van der Waals surface area contributed by atoms with E-state index in [-0.39, 0.29) is 5.56 Å². The van der Waals surface area contributed by atoms with E-state index in [1.54, 1.807) is 16.0 Å². The summed E-state index contributed by atoms with van der Waals surface area (Å²) in [7, 11) is 1.92. The molecule has 8 heteroatoms. The largest absolute Gasteiger partial charge is 0.361 e. The predicted octanol–water partition coefficient (Wildman–Crippen LogP) is 5.07. The average Bonchev–Trinajstić information content (AvgIpc) is 3.51. The van der Waals surface area contributed by atoms with Crippen molar-refractivity contribution in [3.8, 4) is 22.6 Å². The highest BCUT2D eigenvalue weighted by Crippen LogP contribution is 2.32. The maximum atomic E-state index is 13.6. The lowest BCUT2D eigenvalue weighted by atomic mass is 10.2. The summed E-state index contributed by atoms with van der Waals surface area (Å²) < 4.78 is 5.69. The quantitative estimate of drug-likeness (QED) is 0.350. The van der Waals surface area contributed by atoms with Crippen LogP contribution in [-0.2, 0) is 13.5 Å². The molecule has 0 atom stereocenters. The first kappa shape index (κ1) is 22.9. The van der Waals surface area contributed by atoms with Gasteiger partial charge in [-0.05, 0) is 51.1 Å². The van der Waals surface area contributed by atoms with Crippen molar-refractivity contribution < 1.29 is 0 Å². The van der Waals surface area contributed by atoms with E-state index in [1.165, 1.54) is 0 Å². The van der Waals surface area contributed by atoms with Crippen LogP contribution in [0.15, 0.2) is 71.0 Å². The minimum Gasteiger partial charge on any atom is -0.361 e. The molecule has 5 rings (SSSR count). The van der Waals surface area contributed by atoms with E-state index in [1.807, 2.05) is 80.3 Å². The van der Waals surface area contributed by atoms with Gasteiger partial charge in [0.05, 0.1) is 17.1 Å². The molecule has 35 heavy (non-hydrogen) atoms. The molecule has 178 valence electrons. The van der Waals surface area contributed by atoms with Crippen molar-refractivity contribution in [3.05, 3.63) is 99.3 Å². The van der Waals surface area contributed by atoms with Crippen molar-refractivity contribution in [2.75, 3.05) is 11.9 Å². The number of thiazole rings is 1. The fourth-order valence-electron chi connectivity index (χ4n) is 4.50. The van der Waals surface area contributed by atoms with Crippen LogP contribution in [0, 0.1) is 20.8 Å². The lowest BCUT2D eigenvalue weighted by molar-refractivity contribution is 0.630. The van der Waals surface area contributed by atoms with Gasteiger partial charge >= 0.3 is 0 Å². The molecular formula is C27H28N6OS. The summed E-state index contributed by atoms with van der Waals surface area (Å²) in [4.78, 5) is 22.8. The molecular weight excluding hydrogens is 456 g/mol. The normalized spacial score (nSPS) is 11.2. The molecule has 0 spiro atoms. The molecule has 1 N–H and O–H groups in total. The van der Waals surface area contributed by atoms with E-state index >= 15 is 0 Å². The first-order valence-corrected chi connectivity index (χ1v) is 12.5. The molecule has 0 fully saturated rings. The first-order chi connectivity index (χ1) is 17.0. The number of benzene rings is 1. The summed E-state index contributed by atoms with van der Waals surface area (Å²) in [5.74, 6) is 0. The number of rotatable bonds is 7. The molecule has 0 aliphatic heterocycles. The molecule has 0 aliphatic rings. The lowest BCUT2D eigenvalue weighted by Gasteiger charge is -2.08. The molecule has 1 aromatic carbocycles. The van der Waals surface area contributed by atoms with Crippen LogP contribution in [0.25, 0.3) is 22.6 Å². The molecule has 7 nitrogen and oxygen atoms in total. The van der Waals surface area contributed by atoms with Crippen LogP contribution in [0.1, 0.15) is 22.8 Å². The molecule has 0 aliphatic carbocycles. The lowest BCUT2D eigenvalue weighted by Crippen LogP contribution is -2.21. The van der Waals surface area contributed by atoms with Gasteiger partial charge in [-0.2, -0.15) is 0 Å². The molecule has 0 saturated carbocycles. The topological polar surface area (TPSA) is 69.7 Å². The Kier molecular flexibility index (Phi) is 6.13. The fourth-order valence-corrected chi connectivity index (χ4v) is 5.24. The smallest absolute Gasteiger partial charge is 0.295 e. The van der Waals surface area contributed by atoms with Gasteiger partial charge in [-0.25, -0.2) is 9.67 Å². The van der Waals surface area contributed by atoms with Gasteiger partial charge in [0.2, 0.25) is 0 Å². The number of para-hydroxylation sites is 1. The molecule has 0 unspecified atom stereocenters. The Labute approximate surface area is 208 Å². The van der Waals surface area contributed by atoms with E-state index in [0.717, 1.165) is 57.8 Å². The summed E-state index contributed by atoms with van der Waals surface area (Å²) in [6, 6.07) is 17.8. The van der Waals surface area contributed by atoms with Gasteiger partial charge in [-0.15, -0.1) is 11.3 Å². The second-order valence-electron chi connectivity index (χ2n) is 8.57. The van der Waals surface area contributed by atoms with E-state index in [2.05, 4.69) is 33.2 Å². The van der Waals surface area contributed by atoms with E-state index in [0.29, 0.717) is 5.69 Å². The van der Waals surface area contributed by atoms with Crippen LogP contribution in [0.2, 0.25) is 0 Å². The van der Waals surface area contributed by atoms with Crippen molar-refractivity contribution in [2.24, 2.45) is 7.05 Å². The second kappa shape index (κ2) is 9.38. The Hall–Kier alpha value is -3.91. The van der Waals surface area contributed by atoms with Crippen LogP contribution in [0.5, 0.6) is 0 Å². The van der Waals surface area contributed by atoms with Crippen LogP contribution in [0.3, 0.4) is 0 Å². The zero-order valence-corrected chi connectivity index (χ0v) is 21.1. The molecule has 4 heterocycles. The maximum Gasteiger partial charge on any atom is 0.295 e. The van der Waals surface area contributed by atoms with Gasteiger partial charge in [-0.3, -0.25) is 14.5 Å². The van der Waals surface area contributed by atoms with Crippen LogP contribution < -0.4 is 10.9 Å². The maximum absolute atomic E-state index is 13.6. The number of anilines is 1. The first-order valence-electron chi connectivity index (χ1n) is 11.6. The van der Waals surface area contributed by atoms with Gasteiger partial charge in [0.15, 0.2) is 5.13 Å². The molecule has 0 bridgehead atoms. The Morgan fingerprint density at radius 2 is 1.77 bits per heavy atom. The van der Waals surface area contributed by atoms with E-state index in [4.69, 9.17) is 4.98 Å². The van der Waals surface area contributed by atoms with Gasteiger partial charge in [-0.1, -0.05) is 24.3 Å². The summed E-state index contributed by atoms with van der Waals surface area (Å²) in [5, 5.41) is 6.35. The van der Waals surface area contributed by atoms with Crippen LogP contribution in [0.4, 0.5) is 5.13 Å². The SMILES string of the molecule is Cc1cc(-c2csc(NCCc3ccccn3)n2)c(C)n1-c1c(C)n(C)n(-c2ccccc2)c1=O. The summed E-state index contributed by atoms with van der Waals surface area (Å²) >= 11 is 1.59. The standard InChI is InChI=1S/C27H28N6OS/c1-18-16-23(24-17-35-27(30-24)29-15-13-21-10-8-9-14-28-21)19(2)32(18)25-20(3)31(4)33(26(25)34)22-11-6-5-7-12-22/h5-12,14,16-17H,13,15H2,1-4H3,(H,29,30). The Balaban J connectivity index is 1.45. The number of pyridine rings is 1. The summed E-state index contributed by atoms with van der Waals surface area (Å²) in [6.45, 7) is 6.84. The molecule has 0 saturated heterocycles. The number of hydrogen-bond donors (Lipinski definition) is 1. The number of nitrogens with one attached hydrogen (secondary N) is 1. The van der Waals surface area contributed by atoms with E-state index < -0.39 is 0 Å². The van der Waals surface area contributed by atoms with Crippen molar-refractivity contribution >= 4 is 16.5 Å². The second-order valence-corrected chi connectivity index (χ2v) is 9.42. The minimum atomic E-state index is -0.0419. The summed E-state index contributed by atoms with van der Waals surface area (Å²) in [6.07, 6.45) is 2.65. The number of hydrogen-bond acceptors (Lipinski definition) is 5. The van der Waals surface area contributed by atoms with Crippen LogP contribution >= 0.6 is 11.3 Å². The third-order valence-corrected chi connectivity index (χ3v) is 7.14. The third-order valence-electron chi connectivity index (χ3n) is 6.34. The predicted molar refractivity (Wildman–Crippen MR) is 142 cm³/mol. The Morgan fingerprint density at radius 1 is 1.00 bits per heavy atom. The zero-order valence-electron chi connectivity index (χ0n) is 20.3. The van der Waals surface area contributed by atoms with E-state index in [9.17, 15) is 4.79 Å². The van der Waals surface area contributed by atoms with Gasteiger partial charge in [0.25, 0.3) is 5.56 Å². The Bertz CT molecular complexity index is 1530.